The van der Waals surface area contributed by atoms with Crippen LogP contribution in [0.3, 0.4) is 0 Å². The molecule has 1 aliphatic rings. The monoisotopic (exact) mass is 259 g/mol. The van der Waals surface area contributed by atoms with Crippen LogP contribution in [-0.4, -0.2) is 16.1 Å². The van der Waals surface area contributed by atoms with Crippen molar-refractivity contribution in [1.29, 1.82) is 0 Å². The van der Waals surface area contributed by atoms with Gasteiger partial charge in [0.1, 0.15) is 5.82 Å². The SMILES string of the molecule is CC(C)n1cnc2c1CCNC2c1ccccc1F. The summed E-state index contributed by atoms with van der Waals surface area (Å²) in [6, 6.07) is 7.17. The second-order valence-corrected chi connectivity index (χ2v) is 5.24. The van der Waals surface area contributed by atoms with Gasteiger partial charge in [-0.2, -0.15) is 0 Å². The lowest BCUT2D eigenvalue weighted by Gasteiger charge is -2.25. The van der Waals surface area contributed by atoms with E-state index >= 15 is 0 Å². The van der Waals surface area contributed by atoms with E-state index < -0.39 is 0 Å². The molecule has 0 aliphatic carbocycles. The smallest absolute Gasteiger partial charge is 0.128 e. The van der Waals surface area contributed by atoms with Crippen LogP contribution in [0.15, 0.2) is 30.6 Å². The van der Waals surface area contributed by atoms with E-state index in [0.717, 1.165) is 18.7 Å². The Morgan fingerprint density at radius 1 is 1.37 bits per heavy atom. The molecule has 1 aromatic carbocycles. The first-order chi connectivity index (χ1) is 9.18. The average Bonchev–Trinajstić information content (AvgIpc) is 2.83. The lowest BCUT2D eigenvalue weighted by Crippen LogP contribution is -2.32. The van der Waals surface area contributed by atoms with E-state index in [1.54, 1.807) is 6.07 Å². The number of benzene rings is 1. The fourth-order valence-corrected chi connectivity index (χ4v) is 2.74. The summed E-state index contributed by atoms with van der Waals surface area (Å²) in [5.74, 6) is -0.174. The molecule has 1 atom stereocenters. The van der Waals surface area contributed by atoms with Gasteiger partial charge in [-0.15, -0.1) is 0 Å². The molecule has 3 nitrogen and oxygen atoms in total. The largest absolute Gasteiger partial charge is 0.332 e. The van der Waals surface area contributed by atoms with E-state index in [4.69, 9.17) is 0 Å². The summed E-state index contributed by atoms with van der Waals surface area (Å²) in [5, 5.41) is 3.37. The van der Waals surface area contributed by atoms with E-state index in [1.165, 1.54) is 11.8 Å². The number of fused-ring (bicyclic) bond motifs is 1. The van der Waals surface area contributed by atoms with Gasteiger partial charge in [-0.1, -0.05) is 18.2 Å². The summed E-state index contributed by atoms with van der Waals surface area (Å²) in [7, 11) is 0. The Bertz CT molecular complexity index is 589. The first-order valence-electron chi connectivity index (χ1n) is 6.72. The summed E-state index contributed by atoms with van der Waals surface area (Å²) in [6.45, 7) is 5.13. The highest BCUT2D eigenvalue weighted by Crippen LogP contribution is 2.30. The Morgan fingerprint density at radius 2 is 2.16 bits per heavy atom. The fourth-order valence-electron chi connectivity index (χ4n) is 2.74. The van der Waals surface area contributed by atoms with Crippen molar-refractivity contribution in [1.82, 2.24) is 14.9 Å². The minimum absolute atomic E-state index is 0.134. The van der Waals surface area contributed by atoms with Crippen molar-refractivity contribution in [3.63, 3.8) is 0 Å². The van der Waals surface area contributed by atoms with Crippen molar-refractivity contribution in [2.24, 2.45) is 0 Å². The standard InChI is InChI=1S/C15H18FN3/c1-10(2)19-9-18-15-13(19)7-8-17-14(15)11-5-3-4-6-12(11)16/h3-6,9-10,14,17H,7-8H2,1-2H3. The van der Waals surface area contributed by atoms with Gasteiger partial charge < -0.3 is 9.88 Å². The maximum Gasteiger partial charge on any atom is 0.128 e. The van der Waals surface area contributed by atoms with E-state index in [9.17, 15) is 4.39 Å². The van der Waals surface area contributed by atoms with Crippen LogP contribution >= 0.6 is 0 Å². The van der Waals surface area contributed by atoms with Crippen LogP contribution in [0.25, 0.3) is 0 Å². The molecule has 0 bridgehead atoms. The zero-order chi connectivity index (χ0) is 13.4. The molecule has 4 heteroatoms. The molecule has 19 heavy (non-hydrogen) atoms. The van der Waals surface area contributed by atoms with Crippen molar-refractivity contribution in [2.75, 3.05) is 6.54 Å². The van der Waals surface area contributed by atoms with Gasteiger partial charge in [0.15, 0.2) is 0 Å². The van der Waals surface area contributed by atoms with Gasteiger partial charge in [0.2, 0.25) is 0 Å². The second-order valence-electron chi connectivity index (χ2n) is 5.24. The molecule has 0 spiro atoms. The quantitative estimate of drug-likeness (QED) is 0.898. The zero-order valence-electron chi connectivity index (χ0n) is 11.2. The molecular weight excluding hydrogens is 241 g/mol. The Morgan fingerprint density at radius 3 is 2.89 bits per heavy atom. The van der Waals surface area contributed by atoms with Crippen LogP contribution in [0.1, 0.15) is 42.9 Å². The fraction of sp³-hybridized carbons (Fsp3) is 0.400. The van der Waals surface area contributed by atoms with Crippen molar-refractivity contribution in [3.05, 3.63) is 53.4 Å². The Labute approximate surface area is 112 Å². The third kappa shape index (κ3) is 2.06. The molecular formula is C15H18FN3. The Hall–Kier alpha value is -1.68. The third-order valence-corrected chi connectivity index (χ3v) is 3.68. The predicted molar refractivity (Wildman–Crippen MR) is 72.6 cm³/mol. The number of rotatable bonds is 2. The Balaban J connectivity index is 2.06. The molecule has 1 unspecified atom stereocenters. The first kappa shape index (κ1) is 12.4. The molecule has 3 rings (SSSR count). The van der Waals surface area contributed by atoms with Gasteiger partial charge in [0.05, 0.1) is 18.1 Å². The molecule has 0 fully saturated rings. The van der Waals surface area contributed by atoms with Crippen LogP contribution in [0.4, 0.5) is 4.39 Å². The highest BCUT2D eigenvalue weighted by atomic mass is 19.1. The van der Waals surface area contributed by atoms with Crippen LogP contribution < -0.4 is 5.32 Å². The maximum absolute atomic E-state index is 14.0. The molecule has 0 saturated carbocycles. The van der Waals surface area contributed by atoms with Crippen LogP contribution in [0, 0.1) is 5.82 Å². The van der Waals surface area contributed by atoms with Gasteiger partial charge in [-0.05, 0) is 19.9 Å². The lowest BCUT2D eigenvalue weighted by molar-refractivity contribution is 0.496. The number of nitrogens with zero attached hydrogens (tertiary/aromatic N) is 2. The van der Waals surface area contributed by atoms with Crippen LogP contribution in [0.2, 0.25) is 0 Å². The number of aromatic nitrogens is 2. The summed E-state index contributed by atoms with van der Waals surface area (Å²) in [6.07, 6.45) is 2.81. The summed E-state index contributed by atoms with van der Waals surface area (Å²) in [4.78, 5) is 4.51. The van der Waals surface area contributed by atoms with Gasteiger partial charge in [-0.3, -0.25) is 0 Å². The summed E-state index contributed by atoms with van der Waals surface area (Å²) in [5.41, 5.74) is 2.87. The summed E-state index contributed by atoms with van der Waals surface area (Å²) >= 11 is 0. The van der Waals surface area contributed by atoms with Crippen molar-refractivity contribution in [3.8, 4) is 0 Å². The topological polar surface area (TPSA) is 29.9 Å². The highest BCUT2D eigenvalue weighted by Gasteiger charge is 2.27. The number of nitrogens with one attached hydrogen (secondary N) is 1. The molecule has 0 radical (unpaired) electrons. The normalized spacial score (nSPS) is 18.6. The average molecular weight is 259 g/mol. The van der Waals surface area contributed by atoms with Crippen molar-refractivity contribution >= 4 is 0 Å². The van der Waals surface area contributed by atoms with Gasteiger partial charge >= 0.3 is 0 Å². The number of hydrogen-bond acceptors (Lipinski definition) is 2. The van der Waals surface area contributed by atoms with Crippen molar-refractivity contribution in [2.45, 2.75) is 32.4 Å². The summed E-state index contributed by atoms with van der Waals surface area (Å²) < 4.78 is 16.1. The number of hydrogen-bond donors (Lipinski definition) is 1. The molecule has 1 aliphatic heterocycles. The number of imidazole rings is 1. The van der Waals surface area contributed by atoms with E-state index in [1.807, 2.05) is 18.5 Å². The second kappa shape index (κ2) is 4.78. The van der Waals surface area contributed by atoms with Gasteiger partial charge in [0.25, 0.3) is 0 Å². The van der Waals surface area contributed by atoms with Gasteiger partial charge in [-0.25, -0.2) is 9.37 Å². The molecule has 2 heterocycles. The van der Waals surface area contributed by atoms with E-state index in [-0.39, 0.29) is 11.9 Å². The molecule has 1 N–H and O–H groups in total. The molecule has 1 aromatic heterocycles. The van der Waals surface area contributed by atoms with Crippen molar-refractivity contribution < 1.29 is 4.39 Å². The van der Waals surface area contributed by atoms with Crippen LogP contribution in [-0.2, 0) is 6.42 Å². The molecule has 0 amide bonds. The zero-order valence-corrected chi connectivity index (χ0v) is 11.2. The molecule has 2 aromatic rings. The minimum atomic E-state index is -0.174. The van der Waals surface area contributed by atoms with E-state index in [2.05, 4.69) is 28.7 Å². The lowest BCUT2D eigenvalue weighted by atomic mass is 9.97. The predicted octanol–water partition coefficient (Wildman–Crippen LogP) is 2.84. The van der Waals surface area contributed by atoms with Crippen LogP contribution in [0.5, 0.6) is 0 Å². The molecule has 100 valence electrons. The maximum atomic E-state index is 14.0. The van der Waals surface area contributed by atoms with E-state index in [0.29, 0.717) is 11.6 Å². The third-order valence-electron chi connectivity index (χ3n) is 3.68. The highest BCUT2D eigenvalue weighted by molar-refractivity contribution is 5.33. The Kier molecular flexibility index (Phi) is 3.11. The van der Waals surface area contributed by atoms with Gasteiger partial charge in [0, 0.05) is 30.3 Å². The molecule has 0 saturated heterocycles. The first-order valence-corrected chi connectivity index (χ1v) is 6.72. The number of halogens is 1. The minimum Gasteiger partial charge on any atom is -0.332 e.